The molecule has 4 aromatic rings. The number of thiazole rings is 1. The second-order valence-electron chi connectivity index (χ2n) is 7.31. The highest BCUT2D eigenvalue weighted by Crippen LogP contribution is 2.38. The van der Waals surface area contributed by atoms with E-state index in [4.69, 9.17) is 23.2 Å². The van der Waals surface area contributed by atoms with Crippen molar-refractivity contribution in [2.75, 3.05) is 28.6 Å². The van der Waals surface area contributed by atoms with Crippen molar-refractivity contribution in [3.8, 4) is 0 Å². The molecule has 1 aliphatic rings. The summed E-state index contributed by atoms with van der Waals surface area (Å²) < 4.78 is 38.7. The van der Waals surface area contributed by atoms with Crippen LogP contribution in [0.3, 0.4) is 0 Å². The maximum atomic E-state index is 12.9. The van der Waals surface area contributed by atoms with Gasteiger partial charge in [0, 0.05) is 18.8 Å². The summed E-state index contributed by atoms with van der Waals surface area (Å²) in [5.74, 6) is 0.936. The number of anilines is 5. The van der Waals surface area contributed by atoms with Crippen molar-refractivity contribution in [1.82, 2.24) is 15.0 Å². The van der Waals surface area contributed by atoms with Gasteiger partial charge in [0.2, 0.25) is 5.95 Å². The Morgan fingerprint density at radius 3 is 2.21 bits per heavy atom. The fraction of sp³-hybridized carbons (Fsp3) is 0.190. The molecule has 2 N–H and O–H groups in total. The van der Waals surface area contributed by atoms with E-state index in [1.165, 1.54) is 23.5 Å². The molecule has 0 amide bonds. The molecule has 1 saturated heterocycles. The van der Waals surface area contributed by atoms with Crippen molar-refractivity contribution in [1.29, 1.82) is 0 Å². The van der Waals surface area contributed by atoms with E-state index in [0.717, 1.165) is 31.6 Å². The lowest BCUT2D eigenvalue weighted by Gasteiger charge is -2.30. The number of nitrogens with zero attached hydrogens (tertiary/aromatic N) is 4. The van der Waals surface area contributed by atoms with Gasteiger partial charge in [0.1, 0.15) is 5.52 Å². The van der Waals surface area contributed by atoms with Crippen LogP contribution < -0.4 is 15.5 Å². The Kier molecular flexibility index (Phi) is 5.67. The van der Waals surface area contributed by atoms with Gasteiger partial charge in [0.05, 0.1) is 21.3 Å². The largest absolute Gasteiger partial charge is 0.416 e. The van der Waals surface area contributed by atoms with Crippen molar-refractivity contribution in [3.05, 3.63) is 58.1 Å². The predicted octanol–water partition coefficient (Wildman–Crippen LogP) is 7.11. The fourth-order valence-corrected chi connectivity index (χ4v) is 4.54. The van der Waals surface area contributed by atoms with Crippen molar-refractivity contribution < 1.29 is 13.2 Å². The SMILES string of the molecule is FC(F)(F)c1ccc(Nc2nc(N3CCC3)nc3sc(Nc4c(Cl)cccc4Cl)nc23)cc1. The quantitative estimate of drug-likeness (QED) is 0.298. The Morgan fingerprint density at radius 1 is 0.909 bits per heavy atom. The van der Waals surface area contributed by atoms with E-state index < -0.39 is 11.7 Å². The molecule has 2 aromatic heterocycles. The molecule has 2 aromatic carbocycles. The van der Waals surface area contributed by atoms with Crippen LogP contribution in [0.15, 0.2) is 42.5 Å². The van der Waals surface area contributed by atoms with Crippen LogP contribution in [-0.2, 0) is 6.18 Å². The summed E-state index contributed by atoms with van der Waals surface area (Å²) in [6.07, 6.45) is -3.36. The molecule has 0 spiro atoms. The third-order valence-corrected chi connectivity index (χ3v) is 6.55. The van der Waals surface area contributed by atoms with Crippen LogP contribution in [0, 0.1) is 0 Å². The minimum atomic E-state index is -4.40. The summed E-state index contributed by atoms with van der Waals surface area (Å²) in [6.45, 7) is 1.68. The van der Waals surface area contributed by atoms with Gasteiger partial charge >= 0.3 is 6.18 Å². The second kappa shape index (κ2) is 8.51. The minimum absolute atomic E-state index is 0.399. The normalized spacial score (nSPS) is 13.8. The van der Waals surface area contributed by atoms with Gasteiger partial charge in [-0.15, -0.1) is 0 Å². The number of rotatable bonds is 5. The van der Waals surface area contributed by atoms with E-state index in [-0.39, 0.29) is 0 Å². The lowest BCUT2D eigenvalue weighted by molar-refractivity contribution is -0.137. The molecule has 0 radical (unpaired) electrons. The van der Waals surface area contributed by atoms with Crippen LogP contribution in [0.25, 0.3) is 10.3 Å². The van der Waals surface area contributed by atoms with E-state index in [2.05, 4.69) is 25.6 Å². The number of hydrogen-bond donors (Lipinski definition) is 2. The lowest BCUT2D eigenvalue weighted by Crippen LogP contribution is -2.38. The number of alkyl halides is 3. The molecule has 5 rings (SSSR count). The zero-order valence-electron chi connectivity index (χ0n) is 16.7. The zero-order chi connectivity index (χ0) is 23.2. The second-order valence-corrected chi connectivity index (χ2v) is 9.10. The molecule has 0 unspecified atom stereocenters. The fourth-order valence-electron chi connectivity index (χ4n) is 3.21. The van der Waals surface area contributed by atoms with Crippen LogP contribution >= 0.6 is 34.5 Å². The van der Waals surface area contributed by atoms with Gasteiger partial charge in [0.15, 0.2) is 15.8 Å². The Bertz CT molecular complexity index is 1300. The van der Waals surface area contributed by atoms with Gasteiger partial charge in [0.25, 0.3) is 0 Å². The Balaban J connectivity index is 1.52. The van der Waals surface area contributed by atoms with Crippen molar-refractivity contribution >= 4 is 73.2 Å². The number of halogens is 5. The van der Waals surface area contributed by atoms with Gasteiger partial charge in [-0.05, 0) is 42.8 Å². The van der Waals surface area contributed by atoms with Gasteiger partial charge in [-0.2, -0.15) is 23.1 Å². The third-order valence-electron chi connectivity index (χ3n) is 5.06. The average molecular weight is 511 g/mol. The van der Waals surface area contributed by atoms with Crippen LogP contribution in [-0.4, -0.2) is 28.0 Å². The molecule has 0 atom stereocenters. The molecular formula is C21H15Cl2F3N6S. The van der Waals surface area contributed by atoms with Crippen LogP contribution in [0.2, 0.25) is 10.0 Å². The molecular weight excluding hydrogens is 496 g/mol. The Labute approximate surface area is 200 Å². The first kappa shape index (κ1) is 22.0. The minimum Gasteiger partial charge on any atom is -0.341 e. The summed E-state index contributed by atoms with van der Waals surface area (Å²) >= 11 is 13.8. The molecule has 6 nitrogen and oxygen atoms in total. The van der Waals surface area contributed by atoms with E-state index in [1.807, 2.05) is 4.90 Å². The summed E-state index contributed by atoms with van der Waals surface area (Å²) in [5, 5.41) is 7.61. The van der Waals surface area contributed by atoms with Crippen LogP contribution in [0.1, 0.15) is 12.0 Å². The number of aromatic nitrogens is 3. The number of hydrogen-bond acceptors (Lipinski definition) is 7. The highest BCUT2D eigenvalue weighted by molar-refractivity contribution is 7.22. The first-order valence-corrected chi connectivity index (χ1v) is 11.4. The number of nitrogens with one attached hydrogen (secondary N) is 2. The molecule has 0 aliphatic carbocycles. The first-order chi connectivity index (χ1) is 15.8. The van der Waals surface area contributed by atoms with Gasteiger partial charge < -0.3 is 15.5 Å². The molecule has 12 heteroatoms. The van der Waals surface area contributed by atoms with E-state index in [0.29, 0.717) is 48.7 Å². The van der Waals surface area contributed by atoms with Gasteiger partial charge in [-0.3, -0.25) is 0 Å². The lowest BCUT2D eigenvalue weighted by atomic mass is 10.2. The maximum Gasteiger partial charge on any atom is 0.416 e. The van der Waals surface area contributed by atoms with Crippen molar-refractivity contribution in [3.63, 3.8) is 0 Å². The predicted molar refractivity (Wildman–Crippen MR) is 127 cm³/mol. The van der Waals surface area contributed by atoms with E-state index >= 15 is 0 Å². The molecule has 170 valence electrons. The molecule has 1 fully saturated rings. The number of fused-ring (bicyclic) bond motifs is 1. The first-order valence-electron chi connectivity index (χ1n) is 9.87. The summed E-state index contributed by atoms with van der Waals surface area (Å²) in [5.41, 5.74) is 0.732. The zero-order valence-corrected chi connectivity index (χ0v) is 19.1. The summed E-state index contributed by atoms with van der Waals surface area (Å²) in [6, 6.07) is 9.91. The van der Waals surface area contributed by atoms with E-state index in [1.54, 1.807) is 18.2 Å². The molecule has 3 heterocycles. The summed E-state index contributed by atoms with van der Waals surface area (Å²) in [7, 11) is 0. The van der Waals surface area contributed by atoms with Crippen LogP contribution in [0.5, 0.6) is 0 Å². The Morgan fingerprint density at radius 2 is 1.61 bits per heavy atom. The molecule has 1 aliphatic heterocycles. The highest BCUT2D eigenvalue weighted by atomic mass is 35.5. The van der Waals surface area contributed by atoms with Crippen LogP contribution in [0.4, 0.5) is 41.4 Å². The van der Waals surface area contributed by atoms with E-state index in [9.17, 15) is 13.2 Å². The summed E-state index contributed by atoms with van der Waals surface area (Å²) in [4.78, 5) is 16.5. The molecule has 0 saturated carbocycles. The maximum absolute atomic E-state index is 12.9. The van der Waals surface area contributed by atoms with Crippen molar-refractivity contribution in [2.45, 2.75) is 12.6 Å². The third kappa shape index (κ3) is 4.50. The highest BCUT2D eigenvalue weighted by Gasteiger charge is 2.30. The topological polar surface area (TPSA) is 66.0 Å². The van der Waals surface area contributed by atoms with Gasteiger partial charge in [-0.25, -0.2) is 4.98 Å². The molecule has 0 bridgehead atoms. The van der Waals surface area contributed by atoms with Gasteiger partial charge in [-0.1, -0.05) is 40.6 Å². The Hall–Kier alpha value is -2.82. The monoisotopic (exact) mass is 510 g/mol. The molecule has 33 heavy (non-hydrogen) atoms. The standard InChI is InChI=1S/C21H15Cl2F3N6S/c22-13-3-1-4-14(23)15(13)28-20-29-16-17(27-12-7-5-11(6-8-12)21(24,25)26)30-19(31-18(16)33-20)32-9-2-10-32/h1,3-8H,2,9-10H2,(H,28,29)(H,27,30,31). The number of benzene rings is 2. The average Bonchev–Trinajstić information content (AvgIpc) is 3.12. The van der Waals surface area contributed by atoms with Crippen molar-refractivity contribution in [2.24, 2.45) is 0 Å². The number of para-hydroxylation sites is 1. The smallest absolute Gasteiger partial charge is 0.341 e.